The maximum absolute atomic E-state index is 13.6. The molecule has 0 spiro atoms. The fourth-order valence-electron chi connectivity index (χ4n) is 3.89. The van der Waals surface area contributed by atoms with E-state index in [0.29, 0.717) is 17.1 Å². The molecule has 0 fully saturated rings. The summed E-state index contributed by atoms with van der Waals surface area (Å²) in [5, 5.41) is 10.9. The SMILES string of the molecule is CCc1cccc(CN(C[C@@H](O)[C@@H](N)Cc2cc(F)cc(F)c2)C(=O)c2ccc(SCOC)cc2)c1. The third-order valence-electron chi connectivity index (χ3n) is 5.80. The van der Waals surface area contributed by atoms with Crippen LogP contribution in [0, 0.1) is 11.6 Å². The number of hydrogen-bond acceptors (Lipinski definition) is 5. The second-order valence-corrected chi connectivity index (χ2v) is 9.64. The van der Waals surface area contributed by atoms with Gasteiger partial charge in [-0.25, -0.2) is 8.78 Å². The lowest BCUT2D eigenvalue weighted by molar-refractivity contribution is 0.0554. The normalized spacial score (nSPS) is 12.8. The molecule has 0 heterocycles. The third kappa shape index (κ3) is 8.13. The maximum atomic E-state index is 13.6. The molecule has 0 bridgehead atoms. The molecule has 0 saturated heterocycles. The van der Waals surface area contributed by atoms with Crippen LogP contribution in [0.25, 0.3) is 0 Å². The Morgan fingerprint density at radius 1 is 1.03 bits per heavy atom. The molecule has 36 heavy (non-hydrogen) atoms. The number of carbonyl (C=O) groups excluding carboxylic acids is 1. The minimum Gasteiger partial charge on any atom is -0.390 e. The number of aliphatic hydroxyl groups excluding tert-OH is 1. The molecule has 0 aliphatic heterocycles. The highest BCUT2D eigenvalue weighted by atomic mass is 32.2. The topological polar surface area (TPSA) is 75.8 Å². The molecule has 5 nitrogen and oxygen atoms in total. The van der Waals surface area contributed by atoms with E-state index in [9.17, 15) is 18.7 Å². The summed E-state index contributed by atoms with van der Waals surface area (Å²) in [6.07, 6.45) is -0.180. The van der Waals surface area contributed by atoms with Crippen LogP contribution in [0.3, 0.4) is 0 Å². The Kier molecular flexibility index (Phi) is 10.4. The Hall–Kier alpha value is -2.78. The number of thioether (sulfide) groups is 1. The van der Waals surface area contributed by atoms with Crippen molar-refractivity contribution >= 4 is 17.7 Å². The predicted octanol–water partition coefficient (Wildman–Crippen LogP) is 4.80. The van der Waals surface area contributed by atoms with Gasteiger partial charge >= 0.3 is 0 Å². The van der Waals surface area contributed by atoms with Gasteiger partial charge in [-0.2, -0.15) is 0 Å². The summed E-state index contributed by atoms with van der Waals surface area (Å²) in [6.45, 7) is 2.31. The fourth-order valence-corrected chi connectivity index (χ4v) is 4.47. The van der Waals surface area contributed by atoms with Crippen LogP contribution in [0.4, 0.5) is 8.78 Å². The molecular formula is C28H32F2N2O3S. The van der Waals surface area contributed by atoms with E-state index in [1.807, 2.05) is 36.4 Å². The van der Waals surface area contributed by atoms with Gasteiger partial charge in [0.1, 0.15) is 11.6 Å². The summed E-state index contributed by atoms with van der Waals surface area (Å²) < 4.78 is 32.2. The van der Waals surface area contributed by atoms with E-state index in [1.165, 1.54) is 23.9 Å². The Morgan fingerprint density at radius 2 is 1.69 bits per heavy atom. The molecule has 3 N–H and O–H groups in total. The monoisotopic (exact) mass is 514 g/mol. The molecule has 2 atom stereocenters. The first-order chi connectivity index (χ1) is 17.3. The summed E-state index contributed by atoms with van der Waals surface area (Å²) in [5.74, 6) is -1.15. The number of ether oxygens (including phenoxy) is 1. The van der Waals surface area contributed by atoms with Gasteiger partial charge < -0.3 is 20.5 Å². The van der Waals surface area contributed by atoms with Crippen molar-refractivity contribution in [2.75, 3.05) is 19.6 Å². The molecule has 0 radical (unpaired) electrons. The van der Waals surface area contributed by atoms with E-state index in [2.05, 4.69) is 6.92 Å². The average Bonchev–Trinajstić information content (AvgIpc) is 2.86. The molecular weight excluding hydrogens is 482 g/mol. The van der Waals surface area contributed by atoms with Crippen molar-refractivity contribution in [3.63, 3.8) is 0 Å². The predicted molar refractivity (Wildman–Crippen MR) is 139 cm³/mol. The zero-order valence-corrected chi connectivity index (χ0v) is 21.3. The van der Waals surface area contributed by atoms with Crippen molar-refractivity contribution in [2.45, 2.75) is 43.4 Å². The van der Waals surface area contributed by atoms with Gasteiger partial charge in [0.2, 0.25) is 0 Å². The molecule has 0 aliphatic carbocycles. The number of rotatable bonds is 12. The Bertz CT molecular complexity index is 1120. The first-order valence-corrected chi connectivity index (χ1v) is 12.7. The van der Waals surface area contributed by atoms with Crippen molar-refractivity contribution in [3.8, 4) is 0 Å². The smallest absolute Gasteiger partial charge is 0.254 e. The van der Waals surface area contributed by atoms with E-state index in [4.69, 9.17) is 10.5 Å². The quantitative estimate of drug-likeness (QED) is 0.268. The largest absolute Gasteiger partial charge is 0.390 e. The summed E-state index contributed by atoms with van der Waals surface area (Å²) in [5.41, 5.74) is 9.10. The Labute approximate surface area is 215 Å². The molecule has 3 aromatic rings. The number of methoxy groups -OCH3 is 1. The molecule has 3 rings (SSSR count). The van der Waals surface area contributed by atoms with Crippen molar-refractivity contribution in [3.05, 3.63) is 101 Å². The highest BCUT2D eigenvalue weighted by Crippen LogP contribution is 2.20. The van der Waals surface area contributed by atoms with Crippen LogP contribution < -0.4 is 5.73 Å². The van der Waals surface area contributed by atoms with Gasteiger partial charge in [0.15, 0.2) is 0 Å². The van der Waals surface area contributed by atoms with E-state index < -0.39 is 23.8 Å². The minimum atomic E-state index is -1.11. The number of amides is 1. The average molecular weight is 515 g/mol. The Morgan fingerprint density at radius 3 is 2.33 bits per heavy atom. The van der Waals surface area contributed by atoms with Gasteiger partial charge in [-0.3, -0.25) is 4.79 Å². The fraction of sp³-hybridized carbons (Fsp3) is 0.321. The lowest BCUT2D eigenvalue weighted by Gasteiger charge is -2.28. The second-order valence-electron chi connectivity index (χ2n) is 8.65. The second kappa shape index (κ2) is 13.5. The van der Waals surface area contributed by atoms with Crippen LogP contribution in [-0.2, 0) is 24.1 Å². The van der Waals surface area contributed by atoms with Crippen LogP contribution in [0.5, 0.6) is 0 Å². The van der Waals surface area contributed by atoms with Gasteiger partial charge in [0.25, 0.3) is 5.91 Å². The minimum absolute atomic E-state index is 0.0334. The van der Waals surface area contributed by atoms with Crippen molar-refractivity contribution in [2.24, 2.45) is 5.73 Å². The summed E-state index contributed by atoms with van der Waals surface area (Å²) in [7, 11) is 1.62. The highest BCUT2D eigenvalue weighted by molar-refractivity contribution is 7.99. The number of halogens is 2. The van der Waals surface area contributed by atoms with Gasteiger partial charge in [-0.05, 0) is 65.9 Å². The number of benzene rings is 3. The molecule has 0 aromatic heterocycles. The first-order valence-electron chi connectivity index (χ1n) is 11.8. The van der Waals surface area contributed by atoms with Crippen LogP contribution in [-0.4, -0.2) is 47.7 Å². The van der Waals surface area contributed by atoms with Crippen molar-refractivity contribution in [1.29, 1.82) is 0 Å². The molecule has 192 valence electrons. The van der Waals surface area contributed by atoms with E-state index in [0.717, 1.165) is 28.5 Å². The van der Waals surface area contributed by atoms with Crippen molar-refractivity contribution < 1.29 is 23.4 Å². The first kappa shape index (κ1) is 27.8. The molecule has 0 saturated carbocycles. The Balaban J connectivity index is 1.78. The van der Waals surface area contributed by atoms with Gasteiger partial charge in [0.05, 0.1) is 12.0 Å². The summed E-state index contributed by atoms with van der Waals surface area (Å²) in [4.78, 5) is 16.0. The van der Waals surface area contributed by atoms with Crippen LogP contribution in [0.15, 0.2) is 71.6 Å². The van der Waals surface area contributed by atoms with E-state index in [1.54, 1.807) is 24.1 Å². The number of nitrogens with zero attached hydrogens (tertiary/aromatic N) is 1. The number of carbonyl (C=O) groups is 1. The van der Waals surface area contributed by atoms with E-state index in [-0.39, 0.29) is 25.4 Å². The molecule has 0 aliphatic rings. The van der Waals surface area contributed by atoms with Crippen LogP contribution in [0.1, 0.15) is 34.0 Å². The summed E-state index contributed by atoms with van der Waals surface area (Å²) in [6, 6.07) is 17.5. The lowest BCUT2D eigenvalue weighted by Crippen LogP contribution is -2.46. The van der Waals surface area contributed by atoms with Gasteiger partial charge in [0, 0.05) is 42.8 Å². The van der Waals surface area contributed by atoms with E-state index >= 15 is 0 Å². The molecule has 8 heteroatoms. The lowest BCUT2D eigenvalue weighted by atomic mass is 10.0. The van der Waals surface area contributed by atoms with Gasteiger partial charge in [-0.1, -0.05) is 43.0 Å². The zero-order chi connectivity index (χ0) is 26.1. The zero-order valence-electron chi connectivity index (χ0n) is 20.5. The standard InChI is InChI=1S/C28H32F2N2O3S/c1-3-19-5-4-6-20(11-19)16-32(28(34)22-7-9-25(10-8-22)36-18-35-2)17-27(33)26(31)14-21-12-23(29)15-24(30)13-21/h4-13,15,26-27,33H,3,14,16-18,31H2,1-2H3/t26-,27+/m0/s1. The number of aliphatic hydroxyl groups is 1. The molecule has 1 amide bonds. The van der Waals surface area contributed by atoms with Crippen molar-refractivity contribution in [1.82, 2.24) is 4.90 Å². The number of aryl methyl sites for hydroxylation is 1. The third-order valence-corrected chi connectivity index (χ3v) is 6.76. The van der Waals surface area contributed by atoms with Crippen LogP contribution in [0.2, 0.25) is 0 Å². The number of hydrogen-bond donors (Lipinski definition) is 2. The van der Waals surface area contributed by atoms with Crippen LogP contribution >= 0.6 is 11.8 Å². The molecule has 0 unspecified atom stereocenters. The summed E-state index contributed by atoms with van der Waals surface area (Å²) >= 11 is 1.52. The molecule has 3 aromatic carbocycles. The number of nitrogens with two attached hydrogens (primary N) is 1. The van der Waals surface area contributed by atoms with Gasteiger partial charge in [-0.15, -0.1) is 0 Å². The maximum Gasteiger partial charge on any atom is 0.254 e. The highest BCUT2D eigenvalue weighted by Gasteiger charge is 2.24.